The highest BCUT2D eigenvalue weighted by atomic mass is 16.5. The number of ether oxygens (including phenoxy) is 3. The molecule has 7 nitrogen and oxygen atoms in total. The van der Waals surface area contributed by atoms with Crippen molar-refractivity contribution < 1.29 is 23.8 Å². The predicted molar refractivity (Wildman–Crippen MR) is 150 cm³/mol. The number of carbonyl (C=O) groups excluding carboxylic acids is 2. The second kappa shape index (κ2) is 11.4. The van der Waals surface area contributed by atoms with Crippen LogP contribution in [0.5, 0.6) is 17.2 Å². The molecule has 0 aromatic heterocycles. The van der Waals surface area contributed by atoms with Crippen molar-refractivity contribution in [2.45, 2.75) is 50.6 Å². The van der Waals surface area contributed by atoms with Crippen LogP contribution in [0.4, 0.5) is 0 Å². The Kier molecular flexibility index (Phi) is 7.77. The molecule has 1 heterocycles. The van der Waals surface area contributed by atoms with E-state index in [0.29, 0.717) is 29.4 Å². The molecule has 1 aliphatic carbocycles. The average molecular weight is 529 g/mol. The van der Waals surface area contributed by atoms with Gasteiger partial charge in [-0.05, 0) is 66.1 Å². The van der Waals surface area contributed by atoms with E-state index in [0.717, 1.165) is 36.8 Å². The average Bonchev–Trinajstić information content (AvgIpc) is 2.97. The maximum absolute atomic E-state index is 14.4. The van der Waals surface area contributed by atoms with Crippen molar-refractivity contribution in [2.75, 3.05) is 27.9 Å². The lowest BCUT2D eigenvalue weighted by Crippen LogP contribution is -2.48. The van der Waals surface area contributed by atoms with Crippen molar-refractivity contribution in [3.63, 3.8) is 0 Å². The molecular weight excluding hydrogens is 492 g/mol. The van der Waals surface area contributed by atoms with Crippen molar-refractivity contribution in [1.82, 2.24) is 10.2 Å². The lowest BCUT2D eigenvalue weighted by atomic mass is 9.78. The van der Waals surface area contributed by atoms with E-state index in [4.69, 9.17) is 14.2 Å². The van der Waals surface area contributed by atoms with Gasteiger partial charge in [-0.15, -0.1) is 0 Å². The van der Waals surface area contributed by atoms with Gasteiger partial charge in [0.1, 0.15) is 0 Å². The Hall–Kier alpha value is -4.00. The number of nitrogens with one attached hydrogen (secondary N) is 1. The number of nitrogens with zero attached hydrogens (tertiary/aromatic N) is 1. The van der Waals surface area contributed by atoms with Crippen LogP contribution >= 0.6 is 0 Å². The summed E-state index contributed by atoms with van der Waals surface area (Å²) in [6.45, 7) is 2.54. The Bertz CT molecular complexity index is 1350. The van der Waals surface area contributed by atoms with Crippen molar-refractivity contribution in [2.24, 2.45) is 0 Å². The van der Waals surface area contributed by atoms with Crippen LogP contribution in [-0.2, 0) is 11.2 Å². The van der Waals surface area contributed by atoms with Gasteiger partial charge in [-0.1, -0.05) is 49.4 Å². The molecule has 2 amide bonds. The van der Waals surface area contributed by atoms with Crippen molar-refractivity contribution >= 4 is 11.8 Å². The summed E-state index contributed by atoms with van der Waals surface area (Å²) < 4.78 is 16.8. The molecule has 0 radical (unpaired) electrons. The van der Waals surface area contributed by atoms with Gasteiger partial charge in [0.05, 0.1) is 39.3 Å². The summed E-state index contributed by atoms with van der Waals surface area (Å²) >= 11 is 0. The molecule has 0 saturated heterocycles. The summed E-state index contributed by atoms with van der Waals surface area (Å²) in [5, 5.41) is 3.38. The second-order valence-corrected chi connectivity index (χ2v) is 10.1. The Labute approximate surface area is 230 Å². The fraction of sp³-hybridized carbons (Fsp3) is 0.375. The number of aryl methyl sites for hydroxylation is 1. The minimum absolute atomic E-state index is 0.0764. The van der Waals surface area contributed by atoms with Crippen LogP contribution in [0, 0.1) is 0 Å². The number of benzene rings is 3. The molecule has 5 rings (SSSR count). The molecule has 0 bridgehead atoms. The van der Waals surface area contributed by atoms with E-state index in [1.807, 2.05) is 54.3 Å². The zero-order valence-corrected chi connectivity index (χ0v) is 23.0. The quantitative estimate of drug-likeness (QED) is 0.412. The highest BCUT2D eigenvalue weighted by molar-refractivity contribution is 6.01. The van der Waals surface area contributed by atoms with E-state index in [9.17, 15) is 9.59 Å². The number of rotatable bonds is 8. The lowest BCUT2D eigenvalue weighted by molar-refractivity contribution is -0.125. The Morgan fingerprint density at radius 3 is 2.28 bits per heavy atom. The predicted octanol–water partition coefficient (Wildman–Crippen LogP) is 5.60. The maximum atomic E-state index is 14.4. The van der Waals surface area contributed by atoms with Crippen LogP contribution in [0.1, 0.15) is 76.8 Å². The van der Waals surface area contributed by atoms with E-state index >= 15 is 0 Å². The number of amides is 2. The fourth-order valence-electron chi connectivity index (χ4n) is 6.17. The Morgan fingerprint density at radius 2 is 1.62 bits per heavy atom. The van der Waals surface area contributed by atoms with Gasteiger partial charge in [0, 0.05) is 12.1 Å². The minimum atomic E-state index is -0.623. The summed E-state index contributed by atoms with van der Waals surface area (Å²) in [7, 11) is 4.69. The summed E-state index contributed by atoms with van der Waals surface area (Å²) in [6.07, 6.45) is 3.66. The second-order valence-electron chi connectivity index (χ2n) is 10.1. The minimum Gasteiger partial charge on any atom is -0.493 e. The molecule has 2 aliphatic rings. The van der Waals surface area contributed by atoms with Gasteiger partial charge in [-0.3, -0.25) is 9.59 Å². The largest absolute Gasteiger partial charge is 0.493 e. The molecule has 1 N–H and O–H groups in total. The van der Waals surface area contributed by atoms with Crippen LogP contribution in [0.2, 0.25) is 0 Å². The smallest absolute Gasteiger partial charge is 0.254 e. The van der Waals surface area contributed by atoms with Gasteiger partial charge in [0.25, 0.3) is 5.91 Å². The monoisotopic (exact) mass is 528 g/mol. The SMILES string of the molecule is CCCN1C(=O)c2ccccc2[C@H](C(=O)N[C@H]2CCCc3ccccc32)[C@H]1c1cc(OC)c(OC)c(OC)c1. The summed E-state index contributed by atoms with van der Waals surface area (Å²) in [5.41, 5.74) is 4.51. The Morgan fingerprint density at radius 1 is 0.949 bits per heavy atom. The third kappa shape index (κ3) is 4.82. The number of hydrogen-bond donors (Lipinski definition) is 1. The van der Waals surface area contributed by atoms with Gasteiger partial charge < -0.3 is 24.4 Å². The van der Waals surface area contributed by atoms with E-state index < -0.39 is 12.0 Å². The normalized spacial score (nSPS) is 20.1. The molecule has 0 spiro atoms. The molecular formula is C32H36N2O5. The van der Waals surface area contributed by atoms with Crippen LogP contribution in [0.25, 0.3) is 0 Å². The summed E-state index contributed by atoms with van der Waals surface area (Å²) in [4.78, 5) is 30.0. The molecule has 3 atom stereocenters. The molecule has 0 saturated carbocycles. The summed E-state index contributed by atoms with van der Waals surface area (Å²) in [5.74, 6) is 0.621. The van der Waals surface area contributed by atoms with E-state index in [2.05, 4.69) is 23.5 Å². The van der Waals surface area contributed by atoms with Gasteiger partial charge in [0.2, 0.25) is 11.7 Å². The molecule has 3 aromatic carbocycles. The molecule has 1 aliphatic heterocycles. The first-order valence-electron chi connectivity index (χ1n) is 13.6. The molecule has 3 aromatic rings. The van der Waals surface area contributed by atoms with Gasteiger partial charge in [0.15, 0.2) is 11.5 Å². The highest BCUT2D eigenvalue weighted by Crippen LogP contribution is 2.48. The third-order valence-electron chi connectivity index (χ3n) is 7.90. The van der Waals surface area contributed by atoms with Crippen LogP contribution < -0.4 is 19.5 Å². The molecule has 0 fully saturated rings. The van der Waals surface area contributed by atoms with Crippen LogP contribution in [0.15, 0.2) is 60.7 Å². The number of hydrogen-bond acceptors (Lipinski definition) is 5. The van der Waals surface area contributed by atoms with E-state index in [-0.39, 0.29) is 17.9 Å². The van der Waals surface area contributed by atoms with E-state index in [1.165, 1.54) is 11.1 Å². The van der Waals surface area contributed by atoms with Crippen molar-refractivity contribution in [3.05, 3.63) is 88.5 Å². The number of fused-ring (bicyclic) bond motifs is 2. The van der Waals surface area contributed by atoms with Crippen LogP contribution in [-0.4, -0.2) is 44.6 Å². The molecule has 39 heavy (non-hydrogen) atoms. The van der Waals surface area contributed by atoms with Gasteiger partial charge >= 0.3 is 0 Å². The first-order chi connectivity index (χ1) is 19.0. The molecule has 204 valence electrons. The standard InChI is InChI=1S/C32H36N2O5/c1-5-17-34-29(21-18-26(37-2)30(39-4)27(19-21)38-3)28(23-14-8-9-15-24(23)32(34)36)31(35)33-25-16-10-12-20-11-6-7-13-22(20)25/h6-9,11,13-15,18-19,25,28-29H,5,10,12,16-17H2,1-4H3,(H,33,35)/t25-,28-,29+/m0/s1. The highest BCUT2D eigenvalue weighted by Gasteiger charge is 2.45. The Balaban J connectivity index is 1.64. The number of carbonyl (C=O) groups is 2. The van der Waals surface area contributed by atoms with Gasteiger partial charge in [-0.25, -0.2) is 0 Å². The van der Waals surface area contributed by atoms with Gasteiger partial charge in [-0.2, -0.15) is 0 Å². The topological polar surface area (TPSA) is 77.1 Å². The fourth-order valence-corrected chi connectivity index (χ4v) is 6.17. The molecule has 0 unspecified atom stereocenters. The van der Waals surface area contributed by atoms with E-state index in [1.54, 1.807) is 21.3 Å². The zero-order valence-electron chi connectivity index (χ0n) is 23.0. The molecule has 7 heteroatoms. The van der Waals surface area contributed by atoms with Crippen molar-refractivity contribution in [1.29, 1.82) is 0 Å². The maximum Gasteiger partial charge on any atom is 0.254 e. The lowest BCUT2D eigenvalue weighted by Gasteiger charge is -2.42. The summed E-state index contributed by atoms with van der Waals surface area (Å²) in [6, 6.07) is 18.9. The zero-order chi connectivity index (χ0) is 27.5. The van der Waals surface area contributed by atoms with Crippen LogP contribution in [0.3, 0.4) is 0 Å². The third-order valence-corrected chi connectivity index (χ3v) is 7.90. The van der Waals surface area contributed by atoms with Crippen molar-refractivity contribution in [3.8, 4) is 17.2 Å². The number of methoxy groups -OCH3 is 3. The first kappa shape index (κ1) is 26.6. The first-order valence-corrected chi connectivity index (χ1v) is 13.6.